The Kier molecular flexibility index (Phi) is 3.44. The minimum Gasteiger partial charge on any atom is -0.494 e. The quantitative estimate of drug-likeness (QED) is 0.854. The lowest BCUT2D eigenvalue weighted by atomic mass is 9.95. The van der Waals surface area contributed by atoms with E-state index in [0.717, 1.165) is 31.2 Å². The van der Waals surface area contributed by atoms with E-state index in [1.807, 2.05) is 12.1 Å². The van der Waals surface area contributed by atoms with Crippen molar-refractivity contribution < 1.29 is 9.13 Å². The van der Waals surface area contributed by atoms with Crippen LogP contribution >= 0.6 is 0 Å². The molecule has 0 radical (unpaired) electrons. The van der Waals surface area contributed by atoms with Crippen molar-refractivity contribution >= 4 is 0 Å². The summed E-state index contributed by atoms with van der Waals surface area (Å²) in [6.45, 7) is 0. The molecule has 0 bridgehead atoms. The molecule has 2 nitrogen and oxygen atoms in total. The lowest BCUT2D eigenvalue weighted by Gasteiger charge is -2.16. The molecule has 0 spiro atoms. The molecule has 2 atom stereocenters. The maximum absolute atomic E-state index is 13.9. The monoisotopic (exact) mass is 223 g/mol. The summed E-state index contributed by atoms with van der Waals surface area (Å²) in [5, 5.41) is 0. The first-order valence-electron chi connectivity index (χ1n) is 5.79. The molecule has 0 heterocycles. The van der Waals surface area contributed by atoms with E-state index in [1.165, 1.54) is 7.11 Å². The van der Waals surface area contributed by atoms with Crippen molar-refractivity contribution in [3.63, 3.8) is 0 Å². The molecule has 88 valence electrons. The van der Waals surface area contributed by atoms with Gasteiger partial charge in [-0.05, 0) is 36.8 Å². The lowest BCUT2D eigenvalue weighted by molar-refractivity contribution is 0.380. The van der Waals surface area contributed by atoms with Gasteiger partial charge in [0.2, 0.25) is 0 Å². The van der Waals surface area contributed by atoms with Gasteiger partial charge < -0.3 is 10.5 Å². The zero-order chi connectivity index (χ0) is 11.5. The first-order valence-corrected chi connectivity index (χ1v) is 5.79. The highest BCUT2D eigenvalue weighted by molar-refractivity contribution is 5.31. The fraction of sp³-hybridized carbons (Fsp3) is 0.538. The third kappa shape index (κ3) is 2.19. The van der Waals surface area contributed by atoms with Crippen LogP contribution in [0.1, 0.15) is 24.8 Å². The molecule has 16 heavy (non-hydrogen) atoms. The number of hydrogen-bond acceptors (Lipinski definition) is 2. The van der Waals surface area contributed by atoms with Gasteiger partial charge in [-0.2, -0.15) is 0 Å². The number of halogens is 1. The van der Waals surface area contributed by atoms with Crippen molar-refractivity contribution in [2.24, 2.45) is 11.7 Å². The summed E-state index contributed by atoms with van der Waals surface area (Å²) in [7, 11) is 1.49. The summed E-state index contributed by atoms with van der Waals surface area (Å²) in [4.78, 5) is 0. The Labute approximate surface area is 95.6 Å². The Morgan fingerprint density at radius 1 is 1.44 bits per heavy atom. The summed E-state index contributed by atoms with van der Waals surface area (Å²) >= 11 is 0. The topological polar surface area (TPSA) is 35.2 Å². The van der Waals surface area contributed by atoms with Crippen molar-refractivity contribution in [3.05, 3.63) is 29.6 Å². The van der Waals surface area contributed by atoms with Gasteiger partial charge in [0.05, 0.1) is 7.11 Å². The molecule has 1 aliphatic rings. The second kappa shape index (κ2) is 4.83. The fourth-order valence-electron chi connectivity index (χ4n) is 2.47. The second-order valence-corrected chi connectivity index (χ2v) is 4.49. The van der Waals surface area contributed by atoms with Crippen LogP contribution in [0.5, 0.6) is 5.75 Å². The van der Waals surface area contributed by atoms with E-state index in [4.69, 9.17) is 10.5 Å². The van der Waals surface area contributed by atoms with Crippen LogP contribution in [-0.4, -0.2) is 13.2 Å². The summed E-state index contributed by atoms with van der Waals surface area (Å²) in [5.74, 6) is 0.509. The molecule has 0 saturated heterocycles. The first kappa shape index (κ1) is 11.4. The van der Waals surface area contributed by atoms with Crippen LogP contribution in [-0.2, 0) is 6.42 Å². The van der Waals surface area contributed by atoms with Crippen LogP contribution in [0.25, 0.3) is 0 Å². The van der Waals surface area contributed by atoms with Crippen LogP contribution in [0.3, 0.4) is 0 Å². The Morgan fingerprint density at radius 2 is 2.25 bits per heavy atom. The fourth-order valence-corrected chi connectivity index (χ4v) is 2.47. The summed E-state index contributed by atoms with van der Waals surface area (Å²) in [6, 6.07) is 5.53. The van der Waals surface area contributed by atoms with Crippen LogP contribution in [0, 0.1) is 11.7 Å². The molecular weight excluding hydrogens is 205 g/mol. The molecule has 0 aliphatic heterocycles. The maximum atomic E-state index is 13.9. The van der Waals surface area contributed by atoms with Crippen LogP contribution in [0.15, 0.2) is 18.2 Å². The van der Waals surface area contributed by atoms with Gasteiger partial charge >= 0.3 is 0 Å². The number of benzene rings is 1. The van der Waals surface area contributed by atoms with Gasteiger partial charge in [0.25, 0.3) is 0 Å². The highest BCUT2D eigenvalue weighted by Crippen LogP contribution is 2.30. The third-order valence-electron chi connectivity index (χ3n) is 3.46. The van der Waals surface area contributed by atoms with Crippen molar-refractivity contribution in [1.82, 2.24) is 0 Å². The number of nitrogens with two attached hydrogens (primary N) is 1. The van der Waals surface area contributed by atoms with Gasteiger partial charge in [-0.1, -0.05) is 18.6 Å². The average molecular weight is 223 g/mol. The number of methoxy groups -OCH3 is 1. The van der Waals surface area contributed by atoms with Gasteiger partial charge in [0.15, 0.2) is 11.6 Å². The van der Waals surface area contributed by atoms with Gasteiger partial charge in [-0.3, -0.25) is 0 Å². The summed E-state index contributed by atoms with van der Waals surface area (Å²) < 4.78 is 18.9. The van der Waals surface area contributed by atoms with E-state index in [2.05, 4.69) is 0 Å². The lowest BCUT2D eigenvalue weighted by Crippen LogP contribution is -2.26. The minimum atomic E-state index is -0.232. The molecule has 0 aromatic heterocycles. The van der Waals surface area contributed by atoms with Crippen molar-refractivity contribution in [2.75, 3.05) is 7.11 Å². The molecule has 1 aromatic carbocycles. The smallest absolute Gasteiger partial charge is 0.168 e. The van der Waals surface area contributed by atoms with Crippen molar-refractivity contribution in [1.29, 1.82) is 0 Å². The van der Waals surface area contributed by atoms with Crippen molar-refractivity contribution in [2.45, 2.75) is 31.7 Å². The highest BCUT2D eigenvalue weighted by Gasteiger charge is 2.25. The Balaban J connectivity index is 2.14. The summed E-state index contributed by atoms with van der Waals surface area (Å²) in [5.41, 5.74) is 6.72. The van der Waals surface area contributed by atoms with E-state index in [9.17, 15) is 4.39 Å². The molecule has 1 saturated carbocycles. The molecule has 2 rings (SSSR count). The normalized spacial score (nSPS) is 24.7. The Hall–Kier alpha value is -1.09. The van der Waals surface area contributed by atoms with Gasteiger partial charge in [-0.15, -0.1) is 0 Å². The second-order valence-electron chi connectivity index (χ2n) is 4.49. The van der Waals surface area contributed by atoms with E-state index in [0.29, 0.717) is 11.7 Å². The zero-order valence-electron chi connectivity index (χ0n) is 9.58. The molecular formula is C13H18FNO. The largest absolute Gasteiger partial charge is 0.494 e. The van der Waals surface area contributed by atoms with E-state index in [1.54, 1.807) is 6.07 Å². The SMILES string of the molecule is COc1cccc(CC2CCCC2N)c1F. The molecule has 1 aromatic rings. The summed E-state index contributed by atoms with van der Waals surface area (Å²) in [6.07, 6.45) is 4.07. The molecule has 1 fully saturated rings. The van der Waals surface area contributed by atoms with Crippen LogP contribution in [0.4, 0.5) is 4.39 Å². The standard InChI is InChI=1S/C13H18FNO/c1-16-12-7-3-5-10(13(12)14)8-9-4-2-6-11(9)15/h3,5,7,9,11H,2,4,6,8,15H2,1H3. The molecule has 1 aliphatic carbocycles. The van der Waals surface area contributed by atoms with Gasteiger partial charge in [0.1, 0.15) is 0 Å². The molecule has 2 N–H and O–H groups in total. The predicted molar refractivity (Wildman–Crippen MR) is 62.0 cm³/mol. The third-order valence-corrected chi connectivity index (χ3v) is 3.46. The van der Waals surface area contributed by atoms with Crippen LogP contribution < -0.4 is 10.5 Å². The van der Waals surface area contributed by atoms with Gasteiger partial charge in [-0.25, -0.2) is 4.39 Å². The van der Waals surface area contributed by atoms with Crippen LogP contribution in [0.2, 0.25) is 0 Å². The zero-order valence-corrected chi connectivity index (χ0v) is 9.58. The molecule has 3 heteroatoms. The number of ether oxygens (including phenoxy) is 1. The van der Waals surface area contributed by atoms with E-state index < -0.39 is 0 Å². The Morgan fingerprint density at radius 3 is 2.88 bits per heavy atom. The molecule has 2 unspecified atom stereocenters. The highest BCUT2D eigenvalue weighted by atomic mass is 19.1. The van der Waals surface area contributed by atoms with E-state index >= 15 is 0 Å². The molecule has 0 amide bonds. The van der Waals surface area contributed by atoms with Crippen molar-refractivity contribution in [3.8, 4) is 5.75 Å². The number of rotatable bonds is 3. The van der Waals surface area contributed by atoms with Gasteiger partial charge in [0, 0.05) is 6.04 Å². The predicted octanol–water partition coefficient (Wildman–Crippen LogP) is 2.50. The number of hydrogen-bond donors (Lipinski definition) is 1. The first-order chi connectivity index (χ1) is 7.72. The Bertz CT molecular complexity index is 367. The maximum Gasteiger partial charge on any atom is 0.168 e. The average Bonchev–Trinajstić information content (AvgIpc) is 2.68. The van der Waals surface area contributed by atoms with E-state index in [-0.39, 0.29) is 11.9 Å². The minimum absolute atomic E-state index is 0.227.